The van der Waals surface area contributed by atoms with Crippen LogP contribution in [0.5, 0.6) is 0 Å². The van der Waals surface area contributed by atoms with Gasteiger partial charge in [-0.3, -0.25) is 0 Å². The number of hydrogen-bond donors (Lipinski definition) is 0. The molecule has 0 saturated heterocycles. The van der Waals surface area contributed by atoms with Gasteiger partial charge in [-0.2, -0.15) is 0 Å². The van der Waals surface area contributed by atoms with E-state index in [1.54, 1.807) is 0 Å². The average molecular weight is 373 g/mol. The fourth-order valence-electron chi connectivity index (χ4n) is 4.67. The van der Waals surface area contributed by atoms with Crippen molar-refractivity contribution in [1.29, 1.82) is 0 Å². The minimum absolute atomic E-state index is 0.660. The van der Waals surface area contributed by atoms with Crippen LogP contribution in [-0.4, -0.2) is 48.2 Å². The molecule has 0 atom stereocenters. The Kier molecular flexibility index (Phi) is 10.6. The van der Waals surface area contributed by atoms with E-state index in [9.17, 15) is 0 Å². The lowest BCUT2D eigenvalue weighted by Crippen LogP contribution is -2.53. The molecule has 0 radical (unpaired) electrons. The van der Waals surface area contributed by atoms with Crippen molar-refractivity contribution in [3.8, 4) is 0 Å². The Hall–Kier alpha value is 0.0569. The molecule has 0 aromatic rings. The minimum atomic E-state index is -2.25. The monoisotopic (exact) mass is 372 g/mol. The second-order valence-corrected chi connectivity index (χ2v) is 11.1. The van der Waals surface area contributed by atoms with Gasteiger partial charge in [-0.25, -0.2) is 0 Å². The fourth-order valence-corrected chi connectivity index (χ4v) is 9.59. The largest absolute Gasteiger partial charge is 0.391 e. The highest BCUT2D eigenvalue weighted by atomic mass is 28.4. The van der Waals surface area contributed by atoms with E-state index in [0.29, 0.717) is 37.5 Å². The summed E-state index contributed by atoms with van der Waals surface area (Å²) in [4.78, 5) is 0. The average Bonchev–Trinajstić information content (AvgIpc) is 2.68. The Bertz CT molecular complexity index is 296. The SMILES string of the molecule is CCOCCO[Si](OCCOCC)(C1CCCCC1)C1CCCCC1. The molecular formula is C20H40O4Si. The summed E-state index contributed by atoms with van der Waals surface area (Å²) in [5.41, 5.74) is 1.32. The van der Waals surface area contributed by atoms with Gasteiger partial charge in [0.1, 0.15) is 0 Å². The van der Waals surface area contributed by atoms with E-state index in [1.807, 2.05) is 13.8 Å². The summed E-state index contributed by atoms with van der Waals surface area (Å²) in [6.45, 7) is 8.39. The van der Waals surface area contributed by atoms with Crippen molar-refractivity contribution < 1.29 is 18.3 Å². The van der Waals surface area contributed by atoms with Gasteiger partial charge in [-0.05, 0) is 39.5 Å². The maximum atomic E-state index is 6.73. The van der Waals surface area contributed by atoms with Crippen LogP contribution in [0.4, 0.5) is 0 Å². The molecule has 0 spiro atoms. The van der Waals surface area contributed by atoms with Gasteiger partial charge >= 0.3 is 8.56 Å². The predicted octanol–water partition coefficient (Wildman–Crippen LogP) is 5.20. The highest BCUT2D eigenvalue weighted by Crippen LogP contribution is 2.49. The summed E-state index contributed by atoms with van der Waals surface area (Å²) in [5, 5.41) is 0. The maximum Gasteiger partial charge on any atom is 0.344 e. The van der Waals surface area contributed by atoms with Gasteiger partial charge in [0.05, 0.1) is 26.4 Å². The molecular weight excluding hydrogens is 332 g/mol. The van der Waals surface area contributed by atoms with Crippen LogP contribution >= 0.6 is 0 Å². The third kappa shape index (κ3) is 6.62. The Balaban J connectivity index is 2.09. The van der Waals surface area contributed by atoms with E-state index in [4.69, 9.17) is 18.3 Å². The highest BCUT2D eigenvalue weighted by molar-refractivity contribution is 6.70. The molecule has 0 amide bonds. The lowest BCUT2D eigenvalue weighted by atomic mass is 9.99. The Morgan fingerprint density at radius 3 is 1.36 bits per heavy atom. The summed E-state index contributed by atoms with van der Waals surface area (Å²) < 4.78 is 24.6. The van der Waals surface area contributed by atoms with Crippen molar-refractivity contribution in [2.75, 3.05) is 39.6 Å². The molecule has 0 unspecified atom stereocenters. The molecule has 4 nitrogen and oxygen atoms in total. The van der Waals surface area contributed by atoms with Gasteiger partial charge in [0, 0.05) is 24.3 Å². The van der Waals surface area contributed by atoms with E-state index in [1.165, 1.54) is 64.2 Å². The van der Waals surface area contributed by atoms with Crippen molar-refractivity contribution in [1.82, 2.24) is 0 Å². The third-order valence-electron chi connectivity index (χ3n) is 5.87. The highest BCUT2D eigenvalue weighted by Gasteiger charge is 2.52. The topological polar surface area (TPSA) is 36.9 Å². The second kappa shape index (κ2) is 12.4. The molecule has 5 heteroatoms. The quantitative estimate of drug-likeness (QED) is 0.348. The maximum absolute atomic E-state index is 6.73. The number of rotatable bonds is 12. The molecule has 2 aliphatic carbocycles. The molecule has 2 saturated carbocycles. The zero-order chi connectivity index (χ0) is 17.8. The zero-order valence-electron chi connectivity index (χ0n) is 16.6. The van der Waals surface area contributed by atoms with Crippen LogP contribution in [0.1, 0.15) is 78.1 Å². The molecule has 2 aliphatic rings. The Morgan fingerprint density at radius 1 is 0.600 bits per heavy atom. The van der Waals surface area contributed by atoms with E-state index < -0.39 is 8.56 Å². The lowest BCUT2D eigenvalue weighted by molar-refractivity contribution is 0.0530. The first kappa shape index (κ1) is 21.4. The van der Waals surface area contributed by atoms with Gasteiger partial charge in [0.2, 0.25) is 0 Å². The van der Waals surface area contributed by atoms with Crippen molar-refractivity contribution in [2.45, 2.75) is 89.1 Å². The van der Waals surface area contributed by atoms with Crippen molar-refractivity contribution >= 4 is 8.56 Å². The molecule has 0 aromatic carbocycles. The van der Waals surface area contributed by atoms with Crippen LogP contribution in [0.3, 0.4) is 0 Å². The van der Waals surface area contributed by atoms with Crippen LogP contribution in [0, 0.1) is 0 Å². The Labute approximate surface area is 156 Å². The number of ether oxygens (including phenoxy) is 2. The second-order valence-electron chi connectivity index (χ2n) is 7.48. The fraction of sp³-hybridized carbons (Fsp3) is 1.00. The minimum Gasteiger partial charge on any atom is -0.391 e. The molecule has 2 fully saturated rings. The van der Waals surface area contributed by atoms with Crippen molar-refractivity contribution in [2.24, 2.45) is 0 Å². The molecule has 0 aliphatic heterocycles. The smallest absolute Gasteiger partial charge is 0.344 e. The summed E-state index contributed by atoms with van der Waals surface area (Å²) in [5.74, 6) is 0. The van der Waals surface area contributed by atoms with Crippen LogP contribution in [0.15, 0.2) is 0 Å². The first-order chi connectivity index (χ1) is 12.3. The lowest BCUT2D eigenvalue weighted by Gasteiger charge is -2.45. The zero-order valence-corrected chi connectivity index (χ0v) is 17.6. The molecule has 0 N–H and O–H groups in total. The molecule has 0 bridgehead atoms. The normalized spacial score (nSPS) is 20.9. The van der Waals surface area contributed by atoms with Gasteiger partial charge in [0.25, 0.3) is 0 Å². The summed E-state index contributed by atoms with van der Waals surface area (Å²) in [6.07, 6.45) is 13.3. The summed E-state index contributed by atoms with van der Waals surface area (Å²) in [6, 6.07) is 0. The van der Waals surface area contributed by atoms with Crippen LogP contribution in [0.2, 0.25) is 11.1 Å². The van der Waals surface area contributed by atoms with Gasteiger partial charge in [-0.15, -0.1) is 0 Å². The van der Waals surface area contributed by atoms with Crippen molar-refractivity contribution in [3.05, 3.63) is 0 Å². The van der Waals surface area contributed by atoms with E-state index in [-0.39, 0.29) is 0 Å². The van der Waals surface area contributed by atoms with E-state index >= 15 is 0 Å². The molecule has 2 rings (SSSR count). The van der Waals surface area contributed by atoms with Gasteiger partial charge in [-0.1, -0.05) is 38.5 Å². The summed E-state index contributed by atoms with van der Waals surface area (Å²) in [7, 11) is -2.25. The van der Waals surface area contributed by atoms with E-state index in [2.05, 4.69) is 0 Å². The van der Waals surface area contributed by atoms with E-state index in [0.717, 1.165) is 13.2 Å². The standard InChI is InChI=1S/C20H40O4Si/c1-3-21-15-17-23-25(24-18-16-22-4-2,19-11-7-5-8-12-19)20-13-9-6-10-14-20/h19-20H,3-18H2,1-2H3. The van der Waals surface area contributed by atoms with Crippen LogP contribution in [-0.2, 0) is 18.3 Å². The Morgan fingerprint density at radius 2 is 1.00 bits per heavy atom. The molecule has 148 valence electrons. The predicted molar refractivity (Wildman–Crippen MR) is 104 cm³/mol. The van der Waals surface area contributed by atoms with Crippen LogP contribution < -0.4 is 0 Å². The molecule has 0 heterocycles. The number of hydrogen-bond acceptors (Lipinski definition) is 4. The van der Waals surface area contributed by atoms with Gasteiger partial charge in [0.15, 0.2) is 0 Å². The van der Waals surface area contributed by atoms with Crippen LogP contribution in [0.25, 0.3) is 0 Å². The third-order valence-corrected chi connectivity index (χ3v) is 10.6. The first-order valence-electron chi connectivity index (χ1n) is 10.8. The van der Waals surface area contributed by atoms with Gasteiger partial charge < -0.3 is 18.3 Å². The first-order valence-corrected chi connectivity index (χ1v) is 12.7. The molecule has 0 aromatic heterocycles. The summed E-state index contributed by atoms with van der Waals surface area (Å²) >= 11 is 0. The molecule has 25 heavy (non-hydrogen) atoms. The van der Waals surface area contributed by atoms with Crippen molar-refractivity contribution in [3.63, 3.8) is 0 Å².